The van der Waals surface area contributed by atoms with Gasteiger partial charge in [0.05, 0.1) is 5.71 Å². The fraction of sp³-hybridized carbons (Fsp3) is 0.286. The summed E-state index contributed by atoms with van der Waals surface area (Å²) < 4.78 is 0. The second kappa shape index (κ2) is 8.38. The summed E-state index contributed by atoms with van der Waals surface area (Å²) in [6.07, 6.45) is 7.44. The predicted octanol–water partition coefficient (Wildman–Crippen LogP) is 4.95. The van der Waals surface area contributed by atoms with Gasteiger partial charge in [0, 0.05) is 35.8 Å². The Labute approximate surface area is 150 Å². The van der Waals surface area contributed by atoms with Gasteiger partial charge in [-0.15, -0.1) is 6.58 Å². The van der Waals surface area contributed by atoms with Crippen LogP contribution in [0.1, 0.15) is 37.2 Å². The van der Waals surface area contributed by atoms with Gasteiger partial charge in [0.1, 0.15) is 5.82 Å². The van der Waals surface area contributed by atoms with Crippen LogP contribution in [-0.2, 0) is 6.42 Å². The third-order valence-corrected chi connectivity index (χ3v) is 3.97. The standard InChI is InChI=1S/C21H26N4/c1-6-8-16-10-17(18-12-24-15(5)25-13-18)11-19(20(22)14(3)4)21(16)23-9-7-2/h7,10-13,22-23H,2-3,6,8-9H2,1,4-5H3. The predicted molar refractivity (Wildman–Crippen MR) is 107 cm³/mol. The molecular weight excluding hydrogens is 308 g/mol. The van der Waals surface area contributed by atoms with Gasteiger partial charge in [0.2, 0.25) is 0 Å². The van der Waals surface area contributed by atoms with E-state index in [2.05, 4.69) is 41.4 Å². The molecule has 1 aromatic carbocycles. The number of hydrogen-bond acceptors (Lipinski definition) is 4. The van der Waals surface area contributed by atoms with E-state index in [-0.39, 0.29) is 0 Å². The summed E-state index contributed by atoms with van der Waals surface area (Å²) in [6, 6.07) is 4.19. The van der Waals surface area contributed by atoms with E-state index in [0.717, 1.165) is 46.6 Å². The van der Waals surface area contributed by atoms with Gasteiger partial charge in [-0.2, -0.15) is 0 Å². The fourth-order valence-corrected chi connectivity index (χ4v) is 2.69. The fourth-order valence-electron chi connectivity index (χ4n) is 2.69. The Kier molecular flexibility index (Phi) is 6.23. The highest BCUT2D eigenvalue weighted by atomic mass is 14.9. The lowest BCUT2D eigenvalue weighted by Gasteiger charge is -2.19. The number of allylic oxidation sites excluding steroid dienone is 1. The Hall–Kier alpha value is -2.75. The Morgan fingerprint density at radius 2 is 1.92 bits per heavy atom. The number of benzene rings is 1. The van der Waals surface area contributed by atoms with Crippen LogP contribution in [0.2, 0.25) is 0 Å². The van der Waals surface area contributed by atoms with Crippen molar-refractivity contribution in [1.29, 1.82) is 5.41 Å². The Bertz CT molecular complexity index is 788. The number of aromatic nitrogens is 2. The van der Waals surface area contributed by atoms with Crippen LogP contribution in [0, 0.1) is 12.3 Å². The Morgan fingerprint density at radius 1 is 1.24 bits per heavy atom. The maximum atomic E-state index is 8.49. The Balaban J connectivity index is 2.66. The van der Waals surface area contributed by atoms with Crippen LogP contribution in [0.15, 0.2) is 49.3 Å². The first-order valence-corrected chi connectivity index (χ1v) is 8.53. The molecule has 1 heterocycles. The minimum atomic E-state index is 0.443. The number of nitrogens with one attached hydrogen (secondary N) is 2. The molecule has 0 spiro atoms. The smallest absolute Gasteiger partial charge is 0.125 e. The molecule has 0 fully saturated rings. The highest BCUT2D eigenvalue weighted by Gasteiger charge is 2.15. The van der Waals surface area contributed by atoms with E-state index in [1.54, 1.807) is 0 Å². The van der Waals surface area contributed by atoms with Crippen molar-refractivity contribution in [3.8, 4) is 11.1 Å². The molecule has 0 aliphatic heterocycles. The van der Waals surface area contributed by atoms with E-state index < -0.39 is 0 Å². The average molecular weight is 334 g/mol. The third-order valence-electron chi connectivity index (χ3n) is 3.97. The topological polar surface area (TPSA) is 61.7 Å². The number of anilines is 1. The van der Waals surface area contributed by atoms with Crippen LogP contribution < -0.4 is 5.32 Å². The minimum Gasteiger partial charge on any atom is -0.381 e. The van der Waals surface area contributed by atoms with Crippen molar-refractivity contribution in [2.45, 2.75) is 33.6 Å². The zero-order valence-electron chi connectivity index (χ0n) is 15.3. The zero-order valence-corrected chi connectivity index (χ0v) is 15.3. The van der Waals surface area contributed by atoms with Crippen molar-refractivity contribution >= 4 is 11.4 Å². The van der Waals surface area contributed by atoms with Gasteiger partial charge < -0.3 is 5.32 Å². The van der Waals surface area contributed by atoms with Crippen LogP contribution in [0.5, 0.6) is 0 Å². The Morgan fingerprint density at radius 3 is 2.48 bits per heavy atom. The normalized spacial score (nSPS) is 10.4. The number of nitrogens with zero attached hydrogens (tertiary/aromatic N) is 2. The van der Waals surface area contributed by atoms with Gasteiger partial charge in [0.15, 0.2) is 0 Å². The first-order valence-electron chi connectivity index (χ1n) is 8.53. The molecule has 25 heavy (non-hydrogen) atoms. The first kappa shape index (κ1) is 18.6. The van der Waals surface area contributed by atoms with Gasteiger partial charge >= 0.3 is 0 Å². The molecule has 0 saturated carbocycles. The SMILES string of the molecule is C=CCNc1c(CCC)cc(-c2cnc(C)nc2)cc1C(=N)C(=C)C. The molecule has 2 aromatic rings. The second-order valence-electron chi connectivity index (χ2n) is 6.15. The van der Waals surface area contributed by atoms with Crippen molar-refractivity contribution in [1.82, 2.24) is 9.97 Å². The number of aryl methyl sites for hydroxylation is 2. The van der Waals surface area contributed by atoms with E-state index in [1.807, 2.05) is 38.4 Å². The van der Waals surface area contributed by atoms with Crippen LogP contribution in [-0.4, -0.2) is 22.2 Å². The van der Waals surface area contributed by atoms with E-state index in [9.17, 15) is 0 Å². The monoisotopic (exact) mass is 334 g/mol. The summed E-state index contributed by atoms with van der Waals surface area (Å²) in [6.45, 7) is 14.3. The quantitative estimate of drug-likeness (QED) is 0.530. The first-order chi connectivity index (χ1) is 12.0. The van der Waals surface area contributed by atoms with Crippen molar-refractivity contribution in [3.05, 3.63) is 66.3 Å². The van der Waals surface area contributed by atoms with Gasteiger partial charge in [0.25, 0.3) is 0 Å². The molecule has 0 bridgehead atoms. The number of rotatable bonds is 8. The molecule has 0 atom stereocenters. The summed E-state index contributed by atoms with van der Waals surface area (Å²) in [4.78, 5) is 8.60. The molecule has 2 N–H and O–H groups in total. The highest BCUT2D eigenvalue weighted by molar-refractivity contribution is 6.14. The third kappa shape index (κ3) is 4.41. The molecule has 4 heteroatoms. The summed E-state index contributed by atoms with van der Waals surface area (Å²) in [5.74, 6) is 0.747. The molecule has 0 unspecified atom stereocenters. The molecule has 0 saturated heterocycles. The highest BCUT2D eigenvalue weighted by Crippen LogP contribution is 2.31. The summed E-state index contributed by atoms with van der Waals surface area (Å²) >= 11 is 0. The van der Waals surface area contributed by atoms with Crippen LogP contribution in [0.4, 0.5) is 5.69 Å². The van der Waals surface area contributed by atoms with E-state index in [4.69, 9.17) is 5.41 Å². The van der Waals surface area contributed by atoms with Crippen LogP contribution in [0.25, 0.3) is 11.1 Å². The van der Waals surface area contributed by atoms with Crippen molar-refractivity contribution in [2.75, 3.05) is 11.9 Å². The zero-order chi connectivity index (χ0) is 18.4. The van der Waals surface area contributed by atoms with Gasteiger partial charge in [-0.05, 0) is 49.1 Å². The molecular formula is C21H26N4. The lowest BCUT2D eigenvalue weighted by atomic mass is 9.92. The van der Waals surface area contributed by atoms with E-state index in [1.165, 1.54) is 5.56 Å². The summed E-state index contributed by atoms with van der Waals surface area (Å²) in [7, 11) is 0. The maximum Gasteiger partial charge on any atom is 0.125 e. The second-order valence-corrected chi connectivity index (χ2v) is 6.15. The molecule has 130 valence electrons. The van der Waals surface area contributed by atoms with Crippen molar-refractivity contribution in [3.63, 3.8) is 0 Å². The van der Waals surface area contributed by atoms with Gasteiger partial charge in [-0.3, -0.25) is 5.41 Å². The molecule has 2 rings (SSSR count). The lowest BCUT2D eigenvalue weighted by Crippen LogP contribution is -2.11. The van der Waals surface area contributed by atoms with E-state index >= 15 is 0 Å². The molecule has 1 aromatic heterocycles. The van der Waals surface area contributed by atoms with Crippen LogP contribution >= 0.6 is 0 Å². The summed E-state index contributed by atoms with van der Waals surface area (Å²) in [5, 5.41) is 11.9. The average Bonchev–Trinajstić information content (AvgIpc) is 2.60. The van der Waals surface area contributed by atoms with Gasteiger partial charge in [-0.1, -0.05) is 26.0 Å². The largest absolute Gasteiger partial charge is 0.381 e. The molecule has 0 radical (unpaired) electrons. The van der Waals surface area contributed by atoms with Crippen molar-refractivity contribution < 1.29 is 0 Å². The van der Waals surface area contributed by atoms with E-state index in [0.29, 0.717) is 12.3 Å². The summed E-state index contributed by atoms with van der Waals surface area (Å²) in [5.41, 5.74) is 6.19. The molecule has 0 aliphatic carbocycles. The molecule has 4 nitrogen and oxygen atoms in total. The maximum absolute atomic E-state index is 8.49. The lowest BCUT2D eigenvalue weighted by molar-refractivity contribution is 0.921. The van der Waals surface area contributed by atoms with Crippen molar-refractivity contribution in [2.24, 2.45) is 0 Å². The molecule has 0 aliphatic rings. The minimum absolute atomic E-state index is 0.443. The van der Waals surface area contributed by atoms with Crippen LogP contribution in [0.3, 0.4) is 0 Å². The number of hydrogen-bond donors (Lipinski definition) is 2. The molecule has 0 amide bonds. The van der Waals surface area contributed by atoms with Gasteiger partial charge in [-0.25, -0.2) is 9.97 Å².